The van der Waals surface area contributed by atoms with Crippen molar-refractivity contribution in [1.29, 1.82) is 0 Å². The molecule has 1 amide bonds. The molecule has 154 valence electrons. The highest BCUT2D eigenvalue weighted by atomic mass is 32.1. The molecule has 0 bridgehead atoms. The van der Waals surface area contributed by atoms with Gasteiger partial charge >= 0.3 is 0 Å². The van der Waals surface area contributed by atoms with E-state index in [-0.39, 0.29) is 18.0 Å². The normalized spacial score (nSPS) is 16.4. The third-order valence-corrected chi connectivity index (χ3v) is 5.98. The molecule has 1 N–H and O–H groups in total. The molecular formula is C21H27N5O2S. The maximum Gasteiger partial charge on any atom is 0.252 e. The molecule has 29 heavy (non-hydrogen) atoms. The van der Waals surface area contributed by atoms with Crippen LogP contribution in [0.25, 0.3) is 21.6 Å². The summed E-state index contributed by atoms with van der Waals surface area (Å²) in [4.78, 5) is 21.4. The molecule has 4 rings (SSSR count). The summed E-state index contributed by atoms with van der Waals surface area (Å²) in [5, 5.41) is 10.5. The first-order valence-electron chi connectivity index (χ1n) is 10.1. The molecule has 7 nitrogen and oxygen atoms in total. The first-order valence-corrected chi connectivity index (χ1v) is 10.9. The summed E-state index contributed by atoms with van der Waals surface area (Å²) in [6.07, 6.45) is 1.75. The van der Waals surface area contributed by atoms with Crippen molar-refractivity contribution < 1.29 is 9.53 Å². The Morgan fingerprint density at radius 2 is 2.10 bits per heavy atom. The van der Waals surface area contributed by atoms with Gasteiger partial charge < -0.3 is 10.1 Å². The number of hydrogen-bond donors (Lipinski definition) is 1. The van der Waals surface area contributed by atoms with Crippen LogP contribution in [0.3, 0.4) is 0 Å². The Morgan fingerprint density at radius 3 is 2.79 bits per heavy atom. The van der Waals surface area contributed by atoms with Gasteiger partial charge in [-0.1, -0.05) is 6.07 Å². The monoisotopic (exact) mass is 413 g/mol. The van der Waals surface area contributed by atoms with E-state index < -0.39 is 0 Å². The van der Waals surface area contributed by atoms with Crippen LogP contribution < -0.4 is 5.32 Å². The lowest BCUT2D eigenvalue weighted by atomic mass is 10.1. The number of thiophene rings is 1. The van der Waals surface area contributed by atoms with Crippen LogP contribution in [0, 0.1) is 0 Å². The summed E-state index contributed by atoms with van der Waals surface area (Å²) >= 11 is 1.62. The van der Waals surface area contributed by atoms with Crippen LogP contribution in [-0.4, -0.2) is 64.5 Å². The second-order valence-corrected chi connectivity index (χ2v) is 8.69. The average Bonchev–Trinajstić information content (AvgIpc) is 3.37. The lowest BCUT2D eigenvalue weighted by Crippen LogP contribution is -2.46. The van der Waals surface area contributed by atoms with Crippen molar-refractivity contribution in [3.8, 4) is 10.6 Å². The molecule has 8 heteroatoms. The van der Waals surface area contributed by atoms with E-state index in [1.165, 1.54) is 0 Å². The Balaban J connectivity index is 1.63. The molecule has 3 aromatic rings. The lowest BCUT2D eigenvalue weighted by molar-refractivity contribution is 0.0342. The predicted molar refractivity (Wildman–Crippen MR) is 115 cm³/mol. The third kappa shape index (κ3) is 4.34. The Kier molecular flexibility index (Phi) is 5.94. The van der Waals surface area contributed by atoms with E-state index in [2.05, 4.69) is 29.2 Å². The highest BCUT2D eigenvalue weighted by Gasteiger charge is 2.21. The number of ether oxygens (including phenoxy) is 1. The Bertz CT molecular complexity index is 977. The van der Waals surface area contributed by atoms with Crippen molar-refractivity contribution in [2.75, 3.05) is 32.8 Å². The molecule has 0 spiro atoms. The second kappa shape index (κ2) is 8.61. The summed E-state index contributed by atoms with van der Waals surface area (Å²) in [7, 11) is 0. The zero-order valence-corrected chi connectivity index (χ0v) is 17.9. The molecule has 3 aromatic heterocycles. The Morgan fingerprint density at radius 1 is 1.31 bits per heavy atom. The van der Waals surface area contributed by atoms with Gasteiger partial charge in [-0.05, 0) is 38.3 Å². The summed E-state index contributed by atoms with van der Waals surface area (Å²) in [6.45, 7) is 10.3. The fourth-order valence-electron chi connectivity index (χ4n) is 3.65. The summed E-state index contributed by atoms with van der Waals surface area (Å²) in [5.41, 5.74) is 2.18. The number of hydrogen-bond acceptors (Lipinski definition) is 6. The molecule has 1 fully saturated rings. The minimum Gasteiger partial charge on any atom is -0.379 e. The van der Waals surface area contributed by atoms with Crippen molar-refractivity contribution in [2.45, 2.75) is 32.9 Å². The molecular weight excluding hydrogens is 386 g/mol. The van der Waals surface area contributed by atoms with Crippen molar-refractivity contribution in [2.24, 2.45) is 0 Å². The van der Waals surface area contributed by atoms with E-state index >= 15 is 0 Å². The molecule has 1 aliphatic rings. The number of amides is 1. The minimum absolute atomic E-state index is 0.0362. The van der Waals surface area contributed by atoms with Gasteiger partial charge in [-0.3, -0.25) is 9.69 Å². The number of pyridine rings is 1. The zero-order chi connectivity index (χ0) is 20.4. The molecule has 1 unspecified atom stereocenters. The number of fused-ring (bicyclic) bond motifs is 1. The minimum atomic E-state index is -0.0840. The van der Waals surface area contributed by atoms with Crippen LogP contribution in [0.2, 0.25) is 0 Å². The highest BCUT2D eigenvalue weighted by molar-refractivity contribution is 7.13. The van der Waals surface area contributed by atoms with Crippen LogP contribution in [-0.2, 0) is 4.74 Å². The summed E-state index contributed by atoms with van der Waals surface area (Å²) in [6, 6.07) is 6.11. The third-order valence-electron chi connectivity index (χ3n) is 5.09. The van der Waals surface area contributed by atoms with E-state index in [9.17, 15) is 4.79 Å². The summed E-state index contributed by atoms with van der Waals surface area (Å²) < 4.78 is 7.28. The van der Waals surface area contributed by atoms with Gasteiger partial charge in [0.05, 0.1) is 40.9 Å². The molecule has 1 saturated heterocycles. The molecule has 0 radical (unpaired) electrons. The lowest BCUT2D eigenvalue weighted by Gasteiger charge is -2.29. The SMILES string of the molecule is CC(CN1CCOCC1)NC(=O)c1cc(-c2cccs2)nc2c1cnn2C(C)C. The molecule has 4 heterocycles. The van der Waals surface area contributed by atoms with E-state index in [4.69, 9.17) is 9.72 Å². The maximum absolute atomic E-state index is 13.2. The Hall–Kier alpha value is -2.29. The van der Waals surface area contributed by atoms with Crippen molar-refractivity contribution in [1.82, 2.24) is 25.0 Å². The second-order valence-electron chi connectivity index (χ2n) is 7.74. The quantitative estimate of drug-likeness (QED) is 0.672. The largest absolute Gasteiger partial charge is 0.379 e. The van der Waals surface area contributed by atoms with Crippen molar-refractivity contribution in [3.63, 3.8) is 0 Å². The van der Waals surface area contributed by atoms with Crippen molar-refractivity contribution in [3.05, 3.63) is 35.3 Å². The van der Waals surface area contributed by atoms with Crippen molar-refractivity contribution >= 4 is 28.3 Å². The molecule has 1 atom stereocenters. The van der Waals surface area contributed by atoms with Gasteiger partial charge in [0.25, 0.3) is 5.91 Å². The number of nitrogens with zero attached hydrogens (tertiary/aromatic N) is 4. The zero-order valence-electron chi connectivity index (χ0n) is 17.1. The van der Waals surface area contributed by atoms with Gasteiger partial charge in [-0.25, -0.2) is 9.67 Å². The van der Waals surface area contributed by atoms with Gasteiger partial charge in [0, 0.05) is 31.7 Å². The molecule has 0 aromatic carbocycles. The number of carbonyl (C=O) groups is 1. The highest BCUT2D eigenvalue weighted by Crippen LogP contribution is 2.29. The van der Waals surface area contributed by atoms with Crippen LogP contribution in [0.1, 0.15) is 37.2 Å². The summed E-state index contributed by atoms with van der Waals surface area (Å²) in [5.74, 6) is -0.0840. The molecule has 1 aliphatic heterocycles. The first-order chi connectivity index (χ1) is 14.0. The van der Waals surface area contributed by atoms with Gasteiger partial charge in [0.1, 0.15) is 0 Å². The van der Waals surface area contributed by atoms with Crippen LogP contribution in [0.5, 0.6) is 0 Å². The van der Waals surface area contributed by atoms with E-state index in [0.29, 0.717) is 5.56 Å². The number of carbonyl (C=O) groups excluding carboxylic acids is 1. The standard InChI is InChI=1S/C21H27N5O2S/c1-14(2)26-20-17(12-22-26)16(11-18(24-20)19-5-4-10-29-19)21(27)23-15(3)13-25-6-8-28-9-7-25/h4-5,10-12,14-15H,6-9,13H2,1-3H3,(H,23,27). The number of nitrogens with one attached hydrogen (secondary N) is 1. The van der Waals surface area contributed by atoms with E-state index in [0.717, 1.165) is 54.5 Å². The fourth-order valence-corrected chi connectivity index (χ4v) is 4.34. The van der Waals surface area contributed by atoms with Gasteiger partial charge in [-0.2, -0.15) is 5.10 Å². The first kappa shape index (κ1) is 20.0. The number of aromatic nitrogens is 3. The van der Waals surface area contributed by atoms with Crippen LogP contribution in [0.15, 0.2) is 29.8 Å². The molecule has 0 saturated carbocycles. The van der Waals surface area contributed by atoms with Gasteiger partial charge in [0.15, 0.2) is 5.65 Å². The van der Waals surface area contributed by atoms with Gasteiger partial charge in [-0.15, -0.1) is 11.3 Å². The number of morpholine rings is 1. The topological polar surface area (TPSA) is 72.3 Å². The van der Waals surface area contributed by atoms with Gasteiger partial charge in [0.2, 0.25) is 0 Å². The molecule has 0 aliphatic carbocycles. The van der Waals surface area contributed by atoms with E-state index in [1.807, 2.05) is 35.2 Å². The average molecular weight is 414 g/mol. The van der Waals surface area contributed by atoms with Crippen LogP contribution in [0.4, 0.5) is 0 Å². The van der Waals surface area contributed by atoms with E-state index in [1.54, 1.807) is 17.5 Å². The Labute approximate surface area is 174 Å². The smallest absolute Gasteiger partial charge is 0.252 e. The maximum atomic E-state index is 13.2. The van der Waals surface area contributed by atoms with Crippen LogP contribution >= 0.6 is 11.3 Å². The number of rotatable bonds is 6. The fraction of sp³-hybridized carbons (Fsp3) is 0.476. The predicted octanol–water partition coefficient (Wildman–Crippen LogP) is 3.19.